The number of hydrogen-bond acceptors (Lipinski definition) is 6. The molecule has 31 heavy (non-hydrogen) atoms. The van der Waals surface area contributed by atoms with E-state index < -0.39 is 16.0 Å². The summed E-state index contributed by atoms with van der Waals surface area (Å²) in [4.78, 5) is 27.3. The Bertz CT molecular complexity index is 1060. The van der Waals surface area contributed by atoms with Gasteiger partial charge in [-0.25, -0.2) is 17.9 Å². The van der Waals surface area contributed by atoms with Crippen molar-refractivity contribution >= 4 is 33.2 Å². The molecule has 7 nitrogen and oxygen atoms in total. The van der Waals surface area contributed by atoms with Gasteiger partial charge in [-0.1, -0.05) is 36.4 Å². The monoisotopic (exact) mass is 462 g/mol. The van der Waals surface area contributed by atoms with Crippen LogP contribution in [0.15, 0.2) is 47.2 Å². The van der Waals surface area contributed by atoms with Crippen LogP contribution >= 0.6 is 11.3 Å². The van der Waals surface area contributed by atoms with Crippen LogP contribution in [0.3, 0.4) is 0 Å². The van der Waals surface area contributed by atoms with E-state index in [1.54, 1.807) is 11.0 Å². The van der Waals surface area contributed by atoms with E-state index in [4.69, 9.17) is 4.74 Å². The average Bonchev–Trinajstić information content (AvgIpc) is 3.17. The molecule has 9 heteroatoms. The zero-order valence-electron chi connectivity index (χ0n) is 17.4. The number of carbonyl (C=O) groups excluding carboxylic acids is 2. The highest BCUT2D eigenvalue weighted by molar-refractivity contribution is 7.91. The van der Waals surface area contributed by atoms with Crippen molar-refractivity contribution in [3.05, 3.63) is 64.6 Å². The summed E-state index contributed by atoms with van der Waals surface area (Å²) in [6.45, 7) is 4.57. The molecule has 0 bridgehead atoms. The van der Waals surface area contributed by atoms with Crippen LogP contribution in [0.2, 0.25) is 0 Å². The third kappa shape index (κ3) is 5.41. The molecule has 0 atom stereocenters. The van der Waals surface area contributed by atoms with Gasteiger partial charge in [0.2, 0.25) is 5.91 Å². The minimum Gasteiger partial charge on any atom is -0.465 e. The van der Waals surface area contributed by atoms with Crippen molar-refractivity contribution in [2.45, 2.75) is 36.4 Å². The summed E-state index contributed by atoms with van der Waals surface area (Å²) in [6, 6.07) is 9.55. The summed E-state index contributed by atoms with van der Waals surface area (Å²) in [6.07, 6.45) is 3.59. The van der Waals surface area contributed by atoms with Gasteiger partial charge < -0.3 is 9.64 Å². The Morgan fingerprint density at radius 3 is 2.71 bits per heavy atom. The lowest BCUT2D eigenvalue weighted by atomic mass is 10.0. The predicted octanol–water partition coefficient (Wildman–Crippen LogP) is 2.91. The first-order valence-electron chi connectivity index (χ1n) is 10.0. The standard InChI is InChI=1S/C22H26N2O5S2/c1-3-4-10-19(25)24-14-12-17-18(15-24)30-22(20(17)21(26)29-2)31(27,28)23-13-11-16-8-6-5-7-9-16/h3,5-9,23H,1,4,10-15H2,2H3. The molecule has 0 fully saturated rings. The lowest BCUT2D eigenvalue weighted by molar-refractivity contribution is -0.131. The second-order valence-corrected chi connectivity index (χ2v) is 10.3. The number of fused-ring (bicyclic) bond motifs is 1. The molecule has 0 saturated heterocycles. The zero-order valence-corrected chi connectivity index (χ0v) is 19.1. The first-order valence-corrected chi connectivity index (χ1v) is 12.3. The van der Waals surface area contributed by atoms with Crippen molar-refractivity contribution < 1.29 is 22.7 Å². The molecule has 1 aromatic carbocycles. The Labute approximate surface area is 186 Å². The van der Waals surface area contributed by atoms with Crippen molar-refractivity contribution in [2.75, 3.05) is 20.2 Å². The molecule has 0 saturated carbocycles. The molecule has 2 heterocycles. The Kier molecular flexibility index (Phi) is 7.64. The van der Waals surface area contributed by atoms with Crippen LogP contribution in [0.25, 0.3) is 0 Å². The molecule has 0 spiro atoms. The van der Waals surface area contributed by atoms with E-state index in [2.05, 4.69) is 11.3 Å². The molecule has 1 N–H and O–H groups in total. The fourth-order valence-corrected chi connectivity index (χ4v) is 6.49. The summed E-state index contributed by atoms with van der Waals surface area (Å²) in [7, 11) is -2.68. The van der Waals surface area contributed by atoms with E-state index in [1.807, 2.05) is 30.3 Å². The van der Waals surface area contributed by atoms with Crippen LogP contribution in [0.4, 0.5) is 0 Å². The maximum Gasteiger partial charge on any atom is 0.340 e. The third-order valence-electron chi connectivity index (χ3n) is 5.12. The number of benzene rings is 1. The lowest BCUT2D eigenvalue weighted by Crippen LogP contribution is -2.35. The van der Waals surface area contributed by atoms with Crippen molar-refractivity contribution in [2.24, 2.45) is 0 Å². The van der Waals surface area contributed by atoms with Gasteiger partial charge in [-0.3, -0.25) is 4.79 Å². The number of ether oxygens (including phenoxy) is 1. The van der Waals surface area contributed by atoms with E-state index in [0.717, 1.165) is 16.9 Å². The summed E-state index contributed by atoms with van der Waals surface area (Å²) < 4.78 is 33.5. The Morgan fingerprint density at radius 1 is 1.29 bits per heavy atom. The molecule has 2 aromatic rings. The lowest BCUT2D eigenvalue weighted by Gasteiger charge is -2.27. The minimum atomic E-state index is -3.91. The highest BCUT2D eigenvalue weighted by atomic mass is 32.2. The molecule has 0 unspecified atom stereocenters. The van der Waals surface area contributed by atoms with Gasteiger partial charge in [0.25, 0.3) is 10.0 Å². The summed E-state index contributed by atoms with van der Waals surface area (Å²) >= 11 is 1.04. The molecular formula is C22H26N2O5S2. The zero-order chi connectivity index (χ0) is 22.4. The number of esters is 1. The van der Waals surface area contributed by atoms with Crippen LogP contribution in [0, 0.1) is 0 Å². The summed E-state index contributed by atoms with van der Waals surface area (Å²) in [5.41, 5.74) is 1.76. The number of rotatable bonds is 9. The number of nitrogens with zero attached hydrogens (tertiary/aromatic N) is 1. The largest absolute Gasteiger partial charge is 0.465 e. The average molecular weight is 463 g/mol. The second kappa shape index (κ2) is 10.2. The number of thiophene rings is 1. The van der Waals surface area contributed by atoms with Crippen LogP contribution in [-0.4, -0.2) is 45.4 Å². The first kappa shape index (κ1) is 23.2. The number of carbonyl (C=O) groups is 2. The molecule has 1 aromatic heterocycles. The highest BCUT2D eigenvalue weighted by Gasteiger charge is 2.34. The van der Waals surface area contributed by atoms with Crippen molar-refractivity contribution in [3.63, 3.8) is 0 Å². The fourth-order valence-electron chi connectivity index (χ4n) is 3.51. The van der Waals surface area contributed by atoms with Crippen LogP contribution < -0.4 is 4.72 Å². The summed E-state index contributed by atoms with van der Waals surface area (Å²) in [5, 5.41) is 0. The Hall–Kier alpha value is -2.49. The van der Waals surface area contributed by atoms with E-state index in [1.165, 1.54) is 7.11 Å². The molecule has 0 aliphatic carbocycles. The molecule has 1 aliphatic rings. The number of allylic oxidation sites excluding steroid dienone is 1. The van der Waals surface area contributed by atoms with Gasteiger partial charge in [-0.2, -0.15) is 0 Å². The van der Waals surface area contributed by atoms with E-state index >= 15 is 0 Å². The second-order valence-electron chi connectivity index (χ2n) is 7.18. The van der Waals surface area contributed by atoms with Crippen LogP contribution in [0.5, 0.6) is 0 Å². The fraction of sp³-hybridized carbons (Fsp3) is 0.364. The normalized spacial score (nSPS) is 13.5. The minimum absolute atomic E-state index is 0.0102. The first-order chi connectivity index (χ1) is 14.9. The van der Waals surface area contributed by atoms with Gasteiger partial charge >= 0.3 is 5.97 Å². The number of amides is 1. The van der Waals surface area contributed by atoms with E-state index in [-0.39, 0.29) is 22.2 Å². The van der Waals surface area contributed by atoms with Crippen LogP contribution in [-0.2, 0) is 38.9 Å². The topological polar surface area (TPSA) is 92.8 Å². The van der Waals surface area contributed by atoms with Gasteiger partial charge in [0.15, 0.2) is 0 Å². The number of hydrogen-bond donors (Lipinski definition) is 1. The molecule has 1 amide bonds. The number of sulfonamides is 1. The number of nitrogens with one attached hydrogen (secondary N) is 1. The maximum absolute atomic E-state index is 13.0. The van der Waals surface area contributed by atoms with Crippen LogP contribution in [0.1, 0.15) is 39.2 Å². The van der Waals surface area contributed by atoms with Gasteiger partial charge in [0.05, 0.1) is 19.2 Å². The van der Waals surface area contributed by atoms with Crippen molar-refractivity contribution in [1.29, 1.82) is 0 Å². The number of methoxy groups -OCH3 is 1. The Balaban J connectivity index is 1.83. The molecular weight excluding hydrogens is 436 g/mol. The smallest absolute Gasteiger partial charge is 0.340 e. The predicted molar refractivity (Wildman–Crippen MR) is 120 cm³/mol. The quantitative estimate of drug-likeness (QED) is 0.457. The SMILES string of the molecule is C=CCCC(=O)N1CCc2c(sc(S(=O)(=O)NCCc3ccccc3)c2C(=O)OC)C1. The third-order valence-corrected chi connectivity index (χ3v) is 8.32. The summed E-state index contributed by atoms with van der Waals surface area (Å²) in [5.74, 6) is -0.684. The molecule has 1 aliphatic heterocycles. The van der Waals surface area contributed by atoms with Gasteiger partial charge in [0, 0.05) is 24.4 Å². The molecule has 3 rings (SSSR count). The van der Waals surface area contributed by atoms with Crippen molar-refractivity contribution in [3.8, 4) is 0 Å². The van der Waals surface area contributed by atoms with E-state index in [0.29, 0.717) is 49.2 Å². The highest BCUT2D eigenvalue weighted by Crippen LogP contribution is 2.36. The molecule has 0 radical (unpaired) electrons. The maximum atomic E-state index is 13.0. The van der Waals surface area contributed by atoms with Gasteiger partial charge in [-0.15, -0.1) is 17.9 Å². The molecule has 166 valence electrons. The van der Waals surface area contributed by atoms with Gasteiger partial charge in [-0.05, 0) is 30.4 Å². The van der Waals surface area contributed by atoms with Crippen molar-refractivity contribution in [1.82, 2.24) is 9.62 Å². The Morgan fingerprint density at radius 2 is 2.03 bits per heavy atom. The van der Waals surface area contributed by atoms with Gasteiger partial charge in [0.1, 0.15) is 4.21 Å². The van der Waals surface area contributed by atoms with E-state index in [9.17, 15) is 18.0 Å².